The molecule has 4 rings (SSSR count). The highest BCUT2D eigenvalue weighted by Crippen LogP contribution is 2.36. The van der Waals surface area contributed by atoms with Crippen molar-refractivity contribution in [2.24, 2.45) is 0 Å². The van der Waals surface area contributed by atoms with Crippen LogP contribution in [-0.2, 0) is 6.42 Å². The second-order valence-corrected chi connectivity index (χ2v) is 11.7. The average molecular weight is 469 g/mol. The van der Waals surface area contributed by atoms with Gasteiger partial charge in [0.2, 0.25) is 0 Å². The molecule has 0 N–H and O–H groups in total. The first-order chi connectivity index (χ1) is 15.9. The van der Waals surface area contributed by atoms with Crippen molar-refractivity contribution in [2.75, 3.05) is 0 Å². The van der Waals surface area contributed by atoms with E-state index in [1.165, 1.54) is 20.9 Å². The van der Waals surface area contributed by atoms with Gasteiger partial charge in [0.1, 0.15) is 0 Å². The van der Waals surface area contributed by atoms with Crippen LogP contribution in [-0.4, -0.2) is 10.5 Å². The molecule has 3 heteroatoms. The minimum absolute atomic E-state index is 0.0580. The van der Waals surface area contributed by atoms with Crippen LogP contribution in [0.25, 0.3) is 0 Å². The lowest BCUT2D eigenvalue weighted by atomic mass is 10.0. The predicted molar refractivity (Wildman–Crippen MR) is 142 cm³/mol. The average Bonchev–Trinajstić information content (AvgIpc) is 2.82. The van der Waals surface area contributed by atoms with Gasteiger partial charge in [-0.1, -0.05) is 85.8 Å². The molecule has 4 aromatic rings. The zero-order valence-corrected chi connectivity index (χ0v) is 20.9. The highest BCUT2D eigenvalue weighted by molar-refractivity contribution is 8.00. The Morgan fingerprint density at radius 3 is 1.79 bits per heavy atom. The first kappa shape index (κ1) is 23.4. The summed E-state index contributed by atoms with van der Waals surface area (Å²) in [5.41, 5.74) is 4.07. The van der Waals surface area contributed by atoms with Crippen LogP contribution in [0.2, 0.25) is 0 Å². The van der Waals surface area contributed by atoms with Crippen LogP contribution in [0.3, 0.4) is 0 Å². The lowest BCUT2D eigenvalue weighted by Crippen LogP contribution is -2.18. The summed E-state index contributed by atoms with van der Waals surface area (Å²) < 4.78 is 0.116. The molecule has 0 heterocycles. The van der Waals surface area contributed by atoms with Crippen LogP contribution >= 0.6 is 23.5 Å². The third kappa shape index (κ3) is 6.63. The molecule has 0 spiro atoms. The van der Waals surface area contributed by atoms with E-state index in [1.807, 2.05) is 66.4 Å². The van der Waals surface area contributed by atoms with E-state index >= 15 is 0 Å². The molecule has 0 atom stereocenters. The molecule has 0 saturated heterocycles. The molecule has 0 saturated carbocycles. The SMILES string of the molecule is Cc1ccc(SC(C)(C)Cc2ccc(Sc3ccc(C(=O)c4ccccc4)cc3)cc2)cc1. The van der Waals surface area contributed by atoms with Crippen LogP contribution < -0.4 is 0 Å². The van der Waals surface area contributed by atoms with Gasteiger partial charge in [-0.25, -0.2) is 0 Å². The fourth-order valence-corrected chi connectivity index (χ4v) is 5.66. The molecular weight excluding hydrogens is 440 g/mol. The standard InChI is InChI=1S/C30H28OS2/c1-22-9-15-28(16-10-22)33-30(2,3)21-23-11-17-26(18-12-23)32-27-19-13-25(14-20-27)29(31)24-7-5-4-6-8-24/h4-20H,21H2,1-3H3. The summed E-state index contributed by atoms with van der Waals surface area (Å²) in [7, 11) is 0. The highest BCUT2D eigenvalue weighted by Gasteiger charge is 2.20. The van der Waals surface area contributed by atoms with E-state index in [0.717, 1.165) is 16.9 Å². The Morgan fingerprint density at radius 2 is 1.18 bits per heavy atom. The van der Waals surface area contributed by atoms with Gasteiger partial charge in [-0.05, 0) is 67.4 Å². The zero-order chi connectivity index (χ0) is 23.3. The number of hydrogen-bond acceptors (Lipinski definition) is 3. The molecule has 0 aliphatic carbocycles. The zero-order valence-electron chi connectivity index (χ0n) is 19.2. The van der Waals surface area contributed by atoms with E-state index in [4.69, 9.17) is 0 Å². The van der Waals surface area contributed by atoms with Gasteiger partial charge in [-0.2, -0.15) is 0 Å². The second kappa shape index (κ2) is 10.5. The third-order valence-electron chi connectivity index (χ3n) is 5.36. The van der Waals surface area contributed by atoms with Gasteiger partial charge in [0.05, 0.1) is 0 Å². The molecule has 166 valence electrons. The van der Waals surface area contributed by atoms with Crippen molar-refractivity contribution >= 4 is 29.3 Å². The summed E-state index contributed by atoms with van der Waals surface area (Å²) in [6.45, 7) is 6.73. The molecule has 1 nitrogen and oxygen atoms in total. The number of aryl methyl sites for hydroxylation is 1. The Kier molecular flexibility index (Phi) is 7.42. The smallest absolute Gasteiger partial charge is 0.193 e. The van der Waals surface area contributed by atoms with E-state index in [2.05, 4.69) is 69.3 Å². The number of benzene rings is 4. The Bertz CT molecular complexity index is 1190. The predicted octanol–water partition coefficient (Wildman–Crippen LogP) is 8.49. The summed E-state index contributed by atoms with van der Waals surface area (Å²) in [6.07, 6.45) is 1.01. The van der Waals surface area contributed by atoms with Crippen LogP contribution in [0, 0.1) is 6.92 Å². The van der Waals surface area contributed by atoms with Crippen molar-refractivity contribution in [2.45, 2.75) is 46.6 Å². The molecule has 0 bridgehead atoms. The fourth-order valence-electron chi connectivity index (χ4n) is 3.69. The van der Waals surface area contributed by atoms with Crippen LogP contribution in [0.5, 0.6) is 0 Å². The third-order valence-corrected chi connectivity index (χ3v) is 7.58. The molecule has 0 aliphatic heterocycles. The van der Waals surface area contributed by atoms with Crippen molar-refractivity contribution in [1.82, 2.24) is 0 Å². The number of thioether (sulfide) groups is 1. The normalized spacial score (nSPS) is 11.4. The Hall–Kier alpha value is -2.75. The minimum atomic E-state index is 0.0580. The van der Waals surface area contributed by atoms with Crippen molar-refractivity contribution in [3.05, 3.63) is 125 Å². The molecule has 0 aromatic heterocycles. The van der Waals surface area contributed by atoms with Gasteiger partial charge >= 0.3 is 0 Å². The molecular formula is C30H28OS2. The van der Waals surface area contributed by atoms with E-state index in [-0.39, 0.29) is 10.5 Å². The molecule has 0 radical (unpaired) electrons. The number of ketones is 1. The van der Waals surface area contributed by atoms with Gasteiger partial charge in [-0.15, -0.1) is 11.8 Å². The molecule has 0 unspecified atom stereocenters. The highest BCUT2D eigenvalue weighted by atomic mass is 32.2. The molecule has 33 heavy (non-hydrogen) atoms. The quantitative estimate of drug-likeness (QED) is 0.191. The Morgan fingerprint density at radius 1 is 0.667 bits per heavy atom. The Balaban J connectivity index is 1.36. The van der Waals surface area contributed by atoms with Crippen LogP contribution in [0.1, 0.15) is 40.9 Å². The van der Waals surface area contributed by atoms with Crippen LogP contribution in [0.15, 0.2) is 118 Å². The summed E-state index contributed by atoms with van der Waals surface area (Å²) in [4.78, 5) is 16.2. The first-order valence-corrected chi connectivity index (χ1v) is 12.7. The summed E-state index contributed by atoms with van der Waals surface area (Å²) >= 11 is 3.64. The number of hydrogen-bond donors (Lipinski definition) is 0. The monoisotopic (exact) mass is 468 g/mol. The lowest BCUT2D eigenvalue weighted by molar-refractivity contribution is 0.103. The molecule has 4 aromatic carbocycles. The second-order valence-electron chi connectivity index (χ2n) is 8.82. The molecule has 0 aliphatic rings. The minimum Gasteiger partial charge on any atom is -0.289 e. The summed E-state index contributed by atoms with van der Waals surface area (Å²) in [5.74, 6) is 0.0580. The van der Waals surface area contributed by atoms with Gasteiger partial charge in [0.15, 0.2) is 5.78 Å². The number of carbonyl (C=O) groups excluding carboxylic acids is 1. The molecule has 0 amide bonds. The van der Waals surface area contributed by atoms with Crippen molar-refractivity contribution in [3.8, 4) is 0 Å². The van der Waals surface area contributed by atoms with E-state index in [0.29, 0.717) is 5.56 Å². The number of carbonyl (C=O) groups is 1. The fraction of sp³-hybridized carbons (Fsp3) is 0.167. The maximum atomic E-state index is 12.6. The lowest BCUT2D eigenvalue weighted by Gasteiger charge is -2.24. The summed E-state index contributed by atoms with van der Waals surface area (Å²) in [5, 5.41) is 0. The van der Waals surface area contributed by atoms with Gasteiger partial charge in [0, 0.05) is 30.6 Å². The largest absolute Gasteiger partial charge is 0.289 e. The first-order valence-electron chi connectivity index (χ1n) is 11.1. The van der Waals surface area contributed by atoms with E-state index in [9.17, 15) is 4.79 Å². The van der Waals surface area contributed by atoms with Crippen LogP contribution in [0.4, 0.5) is 0 Å². The van der Waals surface area contributed by atoms with Gasteiger partial charge in [0.25, 0.3) is 0 Å². The van der Waals surface area contributed by atoms with Crippen molar-refractivity contribution in [1.29, 1.82) is 0 Å². The van der Waals surface area contributed by atoms with Crippen molar-refractivity contribution in [3.63, 3.8) is 0 Å². The molecule has 0 fully saturated rings. The maximum Gasteiger partial charge on any atom is 0.193 e. The van der Waals surface area contributed by atoms with Gasteiger partial charge < -0.3 is 0 Å². The topological polar surface area (TPSA) is 17.1 Å². The summed E-state index contributed by atoms with van der Waals surface area (Å²) in [6, 6.07) is 34.9. The van der Waals surface area contributed by atoms with Crippen molar-refractivity contribution < 1.29 is 4.79 Å². The van der Waals surface area contributed by atoms with E-state index < -0.39 is 0 Å². The maximum absolute atomic E-state index is 12.6. The number of rotatable bonds is 8. The van der Waals surface area contributed by atoms with Gasteiger partial charge in [-0.3, -0.25) is 4.79 Å². The Labute approximate surface area is 205 Å². The van der Waals surface area contributed by atoms with E-state index in [1.54, 1.807) is 11.8 Å².